The van der Waals surface area contributed by atoms with Gasteiger partial charge in [-0.3, -0.25) is 9.59 Å². The number of nitrogens with one attached hydrogen (secondary N) is 2. The van der Waals surface area contributed by atoms with Crippen LogP contribution in [0.5, 0.6) is 0 Å². The minimum atomic E-state index is -0.327. The monoisotopic (exact) mass is 353 g/mol. The molecule has 0 saturated carbocycles. The van der Waals surface area contributed by atoms with Gasteiger partial charge in [0.15, 0.2) is 0 Å². The van der Waals surface area contributed by atoms with E-state index in [0.29, 0.717) is 5.69 Å². The number of carbonyl (C=O) groups excluding carboxylic acids is 2. The highest BCUT2D eigenvalue weighted by Crippen LogP contribution is 2.23. The second kappa shape index (κ2) is 9.04. The highest BCUT2D eigenvalue weighted by Gasteiger charge is 2.13. The molecule has 0 heterocycles. The maximum absolute atomic E-state index is 12.3. The molecule has 2 N–H and O–H groups in total. The number of nitrogens with zero attached hydrogens (tertiary/aromatic N) is 1. The lowest BCUT2D eigenvalue weighted by Gasteiger charge is -2.15. The first-order valence-corrected chi connectivity index (χ1v) is 8.92. The van der Waals surface area contributed by atoms with Crippen molar-refractivity contribution in [3.8, 4) is 0 Å². The second-order valence-electron chi connectivity index (χ2n) is 6.37. The molecule has 2 rings (SSSR count). The van der Waals surface area contributed by atoms with Gasteiger partial charge in [0.05, 0.1) is 0 Å². The topological polar surface area (TPSA) is 61.4 Å². The van der Waals surface area contributed by atoms with Crippen LogP contribution in [0.15, 0.2) is 42.5 Å². The van der Waals surface area contributed by atoms with Gasteiger partial charge in [-0.25, -0.2) is 0 Å². The number of benzene rings is 2. The van der Waals surface area contributed by atoms with Gasteiger partial charge in [-0.2, -0.15) is 0 Å². The lowest BCUT2D eigenvalue weighted by Crippen LogP contribution is -2.22. The van der Waals surface area contributed by atoms with Gasteiger partial charge in [-0.05, 0) is 48.2 Å². The molecule has 5 heteroatoms. The number of anilines is 3. The van der Waals surface area contributed by atoms with E-state index < -0.39 is 0 Å². The molecule has 0 atom stereocenters. The molecule has 2 aromatic carbocycles. The molecule has 0 fully saturated rings. The molecule has 26 heavy (non-hydrogen) atoms. The van der Waals surface area contributed by atoms with E-state index in [1.165, 1.54) is 0 Å². The normalized spacial score (nSPS) is 10.3. The number of carbonyl (C=O) groups is 2. The van der Waals surface area contributed by atoms with E-state index in [9.17, 15) is 9.59 Å². The summed E-state index contributed by atoms with van der Waals surface area (Å²) in [7, 11) is 3.91. The van der Waals surface area contributed by atoms with E-state index in [1.807, 2.05) is 61.5 Å². The maximum Gasteiger partial charge on any atom is 0.233 e. The Hall–Kier alpha value is -2.82. The third-order valence-corrected chi connectivity index (χ3v) is 4.25. The summed E-state index contributed by atoms with van der Waals surface area (Å²) in [6, 6.07) is 13.5. The summed E-state index contributed by atoms with van der Waals surface area (Å²) in [6.07, 6.45) is 1.44. The van der Waals surface area contributed by atoms with Gasteiger partial charge in [-0.15, -0.1) is 0 Å². The van der Waals surface area contributed by atoms with E-state index in [2.05, 4.69) is 24.5 Å². The van der Waals surface area contributed by atoms with Gasteiger partial charge in [-0.1, -0.05) is 32.0 Å². The fourth-order valence-electron chi connectivity index (χ4n) is 2.78. The lowest BCUT2D eigenvalue weighted by atomic mass is 10.0. The standard InChI is InChI=1S/C21H27N3O2/c1-5-15-8-7-9-16(6-2)21(15)23-20(26)14-19(25)22-17-10-12-18(13-11-17)24(3)4/h7-13H,5-6,14H2,1-4H3,(H,22,25)(H,23,26). The van der Waals surface area contributed by atoms with Crippen LogP contribution in [0, 0.1) is 0 Å². The number of hydrogen-bond donors (Lipinski definition) is 2. The molecule has 0 aliphatic heterocycles. The van der Waals surface area contributed by atoms with Crippen LogP contribution in [0.4, 0.5) is 17.1 Å². The number of rotatable bonds is 7. The van der Waals surface area contributed by atoms with Gasteiger partial charge in [0.25, 0.3) is 0 Å². The summed E-state index contributed by atoms with van der Waals surface area (Å²) in [6.45, 7) is 4.10. The van der Waals surface area contributed by atoms with Gasteiger partial charge in [0.1, 0.15) is 6.42 Å². The summed E-state index contributed by atoms with van der Waals surface area (Å²) in [4.78, 5) is 26.5. The van der Waals surface area contributed by atoms with Crippen molar-refractivity contribution < 1.29 is 9.59 Å². The molecule has 0 saturated heterocycles. The fourth-order valence-corrected chi connectivity index (χ4v) is 2.78. The van der Waals surface area contributed by atoms with Crippen molar-refractivity contribution in [3.05, 3.63) is 53.6 Å². The van der Waals surface area contributed by atoms with Crippen molar-refractivity contribution in [2.75, 3.05) is 29.6 Å². The fraction of sp³-hybridized carbons (Fsp3) is 0.333. The van der Waals surface area contributed by atoms with Gasteiger partial charge in [0, 0.05) is 31.2 Å². The number of aryl methyl sites for hydroxylation is 2. The Morgan fingerprint density at radius 2 is 1.38 bits per heavy atom. The third-order valence-electron chi connectivity index (χ3n) is 4.25. The van der Waals surface area contributed by atoms with Gasteiger partial charge in [0.2, 0.25) is 11.8 Å². The van der Waals surface area contributed by atoms with Crippen LogP contribution < -0.4 is 15.5 Å². The molecule has 0 aliphatic rings. The zero-order valence-electron chi connectivity index (χ0n) is 15.9. The van der Waals surface area contributed by atoms with Crippen molar-refractivity contribution in [2.45, 2.75) is 33.1 Å². The van der Waals surface area contributed by atoms with Crippen LogP contribution in [-0.2, 0) is 22.4 Å². The molecule has 2 amide bonds. The van der Waals surface area contributed by atoms with E-state index in [4.69, 9.17) is 0 Å². The Bertz CT molecular complexity index is 745. The Kier molecular flexibility index (Phi) is 6.78. The maximum atomic E-state index is 12.3. The molecule has 0 bridgehead atoms. The molecular formula is C21H27N3O2. The predicted molar refractivity (Wildman–Crippen MR) is 108 cm³/mol. The first-order valence-electron chi connectivity index (χ1n) is 8.92. The lowest BCUT2D eigenvalue weighted by molar-refractivity contribution is -0.123. The predicted octanol–water partition coefficient (Wildman–Crippen LogP) is 3.84. The van der Waals surface area contributed by atoms with E-state index >= 15 is 0 Å². The van der Waals surface area contributed by atoms with Crippen LogP contribution in [-0.4, -0.2) is 25.9 Å². The van der Waals surface area contributed by atoms with Crippen molar-refractivity contribution in [1.29, 1.82) is 0 Å². The average Bonchev–Trinajstić information content (AvgIpc) is 2.62. The van der Waals surface area contributed by atoms with Crippen molar-refractivity contribution >= 4 is 28.9 Å². The summed E-state index contributed by atoms with van der Waals surface area (Å²) < 4.78 is 0. The number of hydrogen-bond acceptors (Lipinski definition) is 3. The summed E-state index contributed by atoms with van der Waals surface area (Å²) in [5.74, 6) is -0.629. The molecule has 138 valence electrons. The van der Waals surface area contributed by atoms with E-state index in [-0.39, 0.29) is 18.2 Å². The second-order valence-corrected chi connectivity index (χ2v) is 6.37. The minimum Gasteiger partial charge on any atom is -0.378 e. The summed E-state index contributed by atoms with van der Waals surface area (Å²) in [5, 5.41) is 5.68. The average molecular weight is 353 g/mol. The zero-order valence-corrected chi connectivity index (χ0v) is 15.9. The summed E-state index contributed by atoms with van der Waals surface area (Å²) in [5.41, 5.74) is 4.72. The van der Waals surface area contributed by atoms with Crippen LogP contribution in [0.1, 0.15) is 31.4 Å². The zero-order chi connectivity index (χ0) is 19.1. The molecule has 5 nitrogen and oxygen atoms in total. The van der Waals surface area contributed by atoms with E-state index in [0.717, 1.165) is 35.3 Å². The largest absolute Gasteiger partial charge is 0.378 e. The van der Waals surface area contributed by atoms with Crippen LogP contribution in [0.25, 0.3) is 0 Å². The highest BCUT2D eigenvalue weighted by molar-refractivity contribution is 6.08. The SMILES string of the molecule is CCc1cccc(CC)c1NC(=O)CC(=O)Nc1ccc(N(C)C)cc1. The van der Waals surface area contributed by atoms with Gasteiger partial charge < -0.3 is 15.5 Å². The third kappa shape index (κ3) is 5.09. The Labute approximate surface area is 155 Å². The minimum absolute atomic E-state index is 0.212. The van der Waals surface area contributed by atoms with Crippen LogP contribution in [0.2, 0.25) is 0 Å². The summed E-state index contributed by atoms with van der Waals surface area (Å²) >= 11 is 0. The number of amides is 2. The van der Waals surface area contributed by atoms with Crippen molar-refractivity contribution in [1.82, 2.24) is 0 Å². The number of para-hydroxylation sites is 1. The molecule has 0 aliphatic carbocycles. The first kappa shape index (κ1) is 19.5. The van der Waals surface area contributed by atoms with Crippen molar-refractivity contribution in [3.63, 3.8) is 0 Å². The van der Waals surface area contributed by atoms with Gasteiger partial charge >= 0.3 is 0 Å². The first-order chi connectivity index (χ1) is 12.4. The molecular weight excluding hydrogens is 326 g/mol. The van der Waals surface area contributed by atoms with Crippen molar-refractivity contribution in [2.24, 2.45) is 0 Å². The smallest absolute Gasteiger partial charge is 0.233 e. The highest BCUT2D eigenvalue weighted by atomic mass is 16.2. The van der Waals surface area contributed by atoms with Crippen LogP contribution >= 0.6 is 0 Å². The van der Waals surface area contributed by atoms with E-state index in [1.54, 1.807) is 0 Å². The Morgan fingerprint density at radius 3 is 1.88 bits per heavy atom. The molecule has 0 aromatic heterocycles. The quantitative estimate of drug-likeness (QED) is 0.744. The Balaban J connectivity index is 1.98. The Morgan fingerprint density at radius 1 is 0.846 bits per heavy atom. The molecule has 2 aromatic rings. The molecule has 0 spiro atoms. The molecule has 0 unspecified atom stereocenters. The van der Waals surface area contributed by atoms with Crippen LogP contribution in [0.3, 0.4) is 0 Å². The molecule has 0 radical (unpaired) electrons.